The van der Waals surface area contributed by atoms with Gasteiger partial charge in [-0.1, -0.05) is 6.92 Å². The number of rotatable bonds is 6. The summed E-state index contributed by atoms with van der Waals surface area (Å²) in [5.74, 6) is -0.450. The van der Waals surface area contributed by atoms with Gasteiger partial charge in [0.1, 0.15) is 6.54 Å². The molecule has 0 atom stereocenters. The Kier molecular flexibility index (Phi) is 5.26. The Hall–Kier alpha value is -1.78. The van der Waals surface area contributed by atoms with Gasteiger partial charge >= 0.3 is 5.97 Å². The van der Waals surface area contributed by atoms with Gasteiger partial charge in [0.2, 0.25) is 0 Å². The maximum Gasteiger partial charge on any atom is 0.325 e. The Morgan fingerprint density at radius 1 is 1.41 bits per heavy atom. The van der Waals surface area contributed by atoms with E-state index in [0.717, 1.165) is 6.42 Å². The lowest BCUT2D eigenvalue weighted by Gasteiger charge is -2.19. The zero-order valence-electron chi connectivity index (χ0n) is 10.1. The molecular weight excluding hydrogens is 222 g/mol. The van der Waals surface area contributed by atoms with Gasteiger partial charge in [0.25, 0.3) is 5.91 Å². The van der Waals surface area contributed by atoms with Gasteiger partial charge in [-0.05, 0) is 25.5 Å². The standard InChI is InChI=1S/C12H17NO4/c1-3-7-13(9-11(14)16-4-2)12(15)10-6-5-8-17-10/h5-6,8H,3-4,7,9H2,1-2H3. The minimum atomic E-state index is -0.402. The van der Waals surface area contributed by atoms with Gasteiger partial charge in [-0.3, -0.25) is 9.59 Å². The molecule has 0 spiro atoms. The lowest BCUT2D eigenvalue weighted by Crippen LogP contribution is -2.36. The van der Waals surface area contributed by atoms with E-state index in [1.165, 1.54) is 11.2 Å². The van der Waals surface area contributed by atoms with E-state index in [0.29, 0.717) is 13.2 Å². The summed E-state index contributed by atoms with van der Waals surface area (Å²) in [6.45, 7) is 4.44. The van der Waals surface area contributed by atoms with Crippen molar-refractivity contribution in [1.29, 1.82) is 0 Å². The highest BCUT2D eigenvalue weighted by atomic mass is 16.5. The lowest BCUT2D eigenvalue weighted by atomic mass is 10.3. The van der Waals surface area contributed by atoms with Gasteiger partial charge < -0.3 is 14.1 Å². The summed E-state index contributed by atoms with van der Waals surface area (Å²) in [5.41, 5.74) is 0. The molecule has 0 bridgehead atoms. The Balaban J connectivity index is 2.65. The van der Waals surface area contributed by atoms with Gasteiger partial charge in [0, 0.05) is 6.54 Å². The molecule has 0 fully saturated rings. The molecule has 17 heavy (non-hydrogen) atoms. The average molecular weight is 239 g/mol. The van der Waals surface area contributed by atoms with Crippen LogP contribution in [-0.2, 0) is 9.53 Å². The van der Waals surface area contributed by atoms with Crippen LogP contribution in [0.15, 0.2) is 22.8 Å². The molecule has 1 aromatic heterocycles. The largest absolute Gasteiger partial charge is 0.465 e. The number of esters is 1. The van der Waals surface area contributed by atoms with Gasteiger partial charge in [0.05, 0.1) is 12.9 Å². The average Bonchev–Trinajstić information content (AvgIpc) is 2.81. The quantitative estimate of drug-likeness (QED) is 0.709. The van der Waals surface area contributed by atoms with Crippen LogP contribution in [0.4, 0.5) is 0 Å². The van der Waals surface area contributed by atoms with E-state index >= 15 is 0 Å². The minimum Gasteiger partial charge on any atom is -0.465 e. The first-order valence-corrected chi connectivity index (χ1v) is 5.67. The molecule has 5 heteroatoms. The fraction of sp³-hybridized carbons (Fsp3) is 0.500. The predicted octanol–water partition coefficient (Wildman–Crippen LogP) is 1.69. The van der Waals surface area contributed by atoms with E-state index in [4.69, 9.17) is 9.15 Å². The molecule has 5 nitrogen and oxygen atoms in total. The number of nitrogens with zero attached hydrogens (tertiary/aromatic N) is 1. The second kappa shape index (κ2) is 6.73. The monoisotopic (exact) mass is 239 g/mol. The third kappa shape index (κ3) is 3.94. The number of hydrogen-bond donors (Lipinski definition) is 0. The van der Waals surface area contributed by atoms with Crippen molar-refractivity contribution in [2.24, 2.45) is 0 Å². The Labute approximate surface area is 100 Å². The highest BCUT2D eigenvalue weighted by molar-refractivity contribution is 5.93. The van der Waals surface area contributed by atoms with E-state index in [2.05, 4.69) is 0 Å². The number of carbonyl (C=O) groups is 2. The number of furan rings is 1. The molecule has 1 aromatic rings. The van der Waals surface area contributed by atoms with Gasteiger partial charge in [0.15, 0.2) is 5.76 Å². The maximum atomic E-state index is 12.0. The van der Waals surface area contributed by atoms with Crippen LogP contribution in [0, 0.1) is 0 Å². The molecule has 0 aliphatic carbocycles. The summed E-state index contributed by atoms with van der Waals surface area (Å²) in [5, 5.41) is 0. The van der Waals surface area contributed by atoms with Crippen LogP contribution in [-0.4, -0.2) is 36.5 Å². The third-order valence-corrected chi connectivity index (χ3v) is 2.14. The molecule has 0 saturated carbocycles. The maximum absolute atomic E-state index is 12.0. The van der Waals surface area contributed by atoms with Crippen molar-refractivity contribution in [2.75, 3.05) is 19.7 Å². The molecule has 0 saturated heterocycles. The molecule has 1 heterocycles. The smallest absolute Gasteiger partial charge is 0.325 e. The molecule has 0 radical (unpaired) electrons. The van der Waals surface area contributed by atoms with E-state index in [1.54, 1.807) is 19.1 Å². The van der Waals surface area contributed by atoms with Crippen LogP contribution >= 0.6 is 0 Å². The van der Waals surface area contributed by atoms with Crippen LogP contribution in [0.25, 0.3) is 0 Å². The summed E-state index contributed by atoms with van der Waals surface area (Å²) in [7, 11) is 0. The molecule has 1 amide bonds. The first-order valence-electron chi connectivity index (χ1n) is 5.67. The molecular formula is C12H17NO4. The van der Waals surface area contributed by atoms with Crippen molar-refractivity contribution in [3.63, 3.8) is 0 Å². The number of amides is 1. The highest BCUT2D eigenvalue weighted by Crippen LogP contribution is 2.06. The summed E-state index contributed by atoms with van der Waals surface area (Å²) in [6, 6.07) is 3.22. The molecule has 0 aliphatic heterocycles. The Bertz CT molecular complexity index is 359. The van der Waals surface area contributed by atoms with Crippen molar-refractivity contribution in [2.45, 2.75) is 20.3 Å². The topological polar surface area (TPSA) is 59.8 Å². The van der Waals surface area contributed by atoms with E-state index in [1.807, 2.05) is 6.92 Å². The van der Waals surface area contributed by atoms with Crippen LogP contribution in [0.3, 0.4) is 0 Å². The second-order valence-electron chi connectivity index (χ2n) is 3.51. The SMILES string of the molecule is CCCN(CC(=O)OCC)C(=O)c1ccco1. The first kappa shape index (κ1) is 13.3. The number of carbonyl (C=O) groups excluding carboxylic acids is 2. The molecule has 0 aliphatic rings. The third-order valence-electron chi connectivity index (χ3n) is 2.14. The second-order valence-corrected chi connectivity index (χ2v) is 3.51. The first-order chi connectivity index (χ1) is 8.19. The Morgan fingerprint density at radius 2 is 2.18 bits per heavy atom. The van der Waals surface area contributed by atoms with Gasteiger partial charge in [-0.15, -0.1) is 0 Å². The lowest BCUT2D eigenvalue weighted by molar-refractivity contribution is -0.143. The van der Waals surface area contributed by atoms with Gasteiger partial charge in [-0.2, -0.15) is 0 Å². The van der Waals surface area contributed by atoms with Crippen molar-refractivity contribution in [3.05, 3.63) is 24.2 Å². The molecule has 1 rings (SSSR count). The van der Waals surface area contributed by atoms with Crippen molar-refractivity contribution < 1.29 is 18.7 Å². The number of hydrogen-bond acceptors (Lipinski definition) is 4. The van der Waals surface area contributed by atoms with Crippen molar-refractivity contribution in [3.8, 4) is 0 Å². The summed E-state index contributed by atoms with van der Waals surface area (Å²) in [6.07, 6.45) is 2.20. The van der Waals surface area contributed by atoms with E-state index in [-0.39, 0.29) is 18.2 Å². The van der Waals surface area contributed by atoms with Crippen molar-refractivity contribution in [1.82, 2.24) is 4.90 Å². The number of ether oxygens (including phenoxy) is 1. The van der Waals surface area contributed by atoms with Crippen LogP contribution in [0.5, 0.6) is 0 Å². The predicted molar refractivity (Wildman–Crippen MR) is 61.5 cm³/mol. The van der Waals surface area contributed by atoms with E-state index < -0.39 is 5.97 Å². The van der Waals surface area contributed by atoms with Crippen LogP contribution in [0.2, 0.25) is 0 Å². The molecule has 94 valence electrons. The zero-order valence-corrected chi connectivity index (χ0v) is 10.1. The summed E-state index contributed by atoms with van der Waals surface area (Å²) < 4.78 is 9.84. The fourth-order valence-corrected chi connectivity index (χ4v) is 1.44. The highest BCUT2D eigenvalue weighted by Gasteiger charge is 2.20. The minimum absolute atomic E-state index is 0.0405. The zero-order chi connectivity index (χ0) is 12.7. The molecule has 0 N–H and O–H groups in total. The van der Waals surface area contributed by atoms with Crippen LogP contribution < -0.4 is 0 Å². The van der Waals surface area contributed by atoms with Crippen LogP contribution in [0.1, 0.15) is 30.8 Å². The normalized spacial score (nSPS) is 10.0. The summed E-state index contributed by atoms with van der Waals surface area (Å²) in [4.78, 5) is 24.7. The van der Waals surface area contributed by atoms with Gasteiger partial charge in [-0.25, -0.2) is 0 Å². The molecule has 0 aromatic carbocycles. The van der Waals surface area contributed by atoms with Crippen molar-refractivity contribution >= 4 is 11.9 Å². The fourth-order valence-electron chi connectivity index (χ4n) is 1.44. The molecule has 0 unspecified atom stereocenters. The Morgan fingerprint density at radius 3 is 2.71 bits per heavy atom. The summed E-state index contributed by atoms with van der Waals surface area (Å²) >= 11 is 0. The van der Waals surface area contributed by atoms with E-state index in [9.17, 15) is 9.59 Å².